The second-order valence-corrected chi connectivity index (χ2v) is 7.46. The first kappa shape index (κ1) is 21.2. The molecule has 156 valence electrons. The second kappa shape index (κ2) is 9.31. The molecule has 6 nitrogen and oxygen atoms in total. The SMILES string of the molecule is Cc1cc(C(=O)NCc2cc(=O)c(OCc3ccccc3)cn2C)ccc1N(C)C. The van der Waals surface area contributed by atoms with Gasteiger partial charge in [-0.15, -0.1) is 0 Å². The van der Waals surface area contributed by atoms with Gasteiger partial charge in [0.25, 0.3) is 5.91 Å². The Morgan fingerprint density at radius 2 is 1.83 bits per heavy atom. The third kappa shape index (κ3) is 5.08. The second-order valence-electron chi connectivity index (χ2n) is 7.46. The van der Waals surface area contributed by atoms with Crippen LogP contribution in [0.1, 0.15) is 27.2 Å². The minimum absolute atomic E-state index is 0.180. The van der Waals surface area contributed by atoms with E-state index in [1.807, 2.05) is 75.4 Å². The molecule has 0 aliphatic carbocycles. The maximum Gasteiger partial charge on any atom is 0.251 e. The van der Waals surface area contributed by atoms with Gasteiger partial charge in [0.05, 0.1) is 12.7 Å². The van der Waals surface area contributed by atoms with Crippen molar-refractivity contribution in [3.05, 3.63) is 93.4 Å². The van der Waals surface area contributed by atoms with Gasteiger partial charge >= 0.3 is 0 Å². The number of hydrogen-bond acceptors (Lipinski definition) is 4. The molecule has 0 unspecified atom stereocenters. The molecule has 0 saturated heterocycles. The number of hydrogen-bond donors (Lipinski definition) is 1. The molecular weight excluding hydrogens is 378 g/mol. The molecule has 6 heteroatoms. The van der Waals surface area contributed by atoms with E-state index in [2.05, 4.69) is 5.32 Å². The Labute approximate surface area is 176 Å². The van der Waals surface area contributed by atoms with E-state index in [9.17, 15) is 9.59 Å². The van der Waals surface area contributed by atoms with E-state index < -0.39 is 0 Å². The molecule has 1 amide bonds. The zero-order valence-corrected chi connectivity index (χ0v) is 17.8. The molecule has 3 aromatic rings. The molecule has 0 spiro atoms. The van der Waals surface area contributed by atoms with Gasteiger partial charge in [-0.2, -0.15) is 0 Å². The minimum Gasteiger partial charge on any atom is -0.483 e. The fourth-order valence-corrected chi connectivity index (χ4v) is 3.24. The number of rotatable bonds is 7. The normalized spacial score (nSPS) is 10.5. The van der Waals surface area contributed by atoms with Crippen LogP contribution in [0.3, 0.4) is 0 Å². The fraction of sp³-hybridized carbons (Fsp3) is 0.250. The number of nitrogens with one attached hydrogen (secondary N) is 1. The van der Waals surface area contributed by atoms with Crippen LogP contribution in [0.5, 0.6) is 5.75 Å². The summed E-state index contributed by atoms with van der Waals surface area (Å²) in [6.45, 7) is 2.55. The number of nitrogens with zero attached hydrogens (tertiary/aromatic N) is 2. The van der Waals surface area contributed by atoms with E-state index in [1.54, 1.807) is 16.8 Å². The molecule has 0 atom stereocenters. The summed E-state index contributed by atoms with van der Waals surface area (Å²) in [5.74, 6) is 0.103. The lowest BCUT2D eigenvalue weighted by Gasteiger charge is -2.16. The molecular formula is C24H27N3O3. The van der Waals surface area contributed by atoms with Crippen molar-refractivity contribution in [2.75, 3.05) is 19.0 Å². The van der Waals surface area contributed by atoms with Crippen molar-refractivity contribution in [2.24, 2.45) is 7.05 Å². The van der Waals surface area contributed by atoms with E-state index >= 15 is 0 Å². The molecule has 30 heavy (non-hydrogen) atoms. The molecule has 0 fully saturated rings. The van der Waals surface area contributed by atoms with Gasteiger partial charge in [-0.05, 0) is 36.2 Å². The van der Waals surface area contributed by atoms with E-state index in [-0.39, 0.29) is 23.6 Å². The number of carbonyl (C=O) groups excluding carboxylic acids is 1. The lowest BCUT2D eigenvalue weighted by molar-refractivity contribution is 0.0950. The Balaban J connectivity index is 1.65. The van der Waals surface area contributed by atoms with Gasteiger partial charge in [0.1, 0.15) is 6.61 Å². The molecule has 1 heterocycles. The summed E-state index contributed by atoms with van der Waals surface area (Å²) in [5.41, 5.74) is 4.17. The lowest BCUT2D eigenvalue weighted by atomic mass is 10.1. The topological polar surface area (TPSA) is 63.6 Å². The van der Waals surface area contributed by atoms with Crippen molar-refractivity contribution >= 4 is 11.6 Å². The number of benzene rings is 2. The Bertz CT molecular complexity index is 1090. The van der Waals surface area contributed by atoms with E-state index in [4.69, 9.17) is 4.74 Å². The summed E-state index contributed by atoms with van der Waals surface area (Å²) in [7, 11) is 5.76. The number of pyridine rings is 1. The fourth-order valence-electron chi connectivity index (χ4n) is 3.24. The van der Waals surface area contributed by atoms with Crippen LogP contribution in [0, 0.1) is 6.92 Å². The summed E-state index contributed by atoms with van der Waals surface area (Å²) in [6, 6.07) is 16.8. The summed E-state index contributed by atoms with van der Waals surface area (Å²) < 4.78 is 7.47. The first-order chi connectivity index (χ1) is 14.3. The van der Waals surface area contributed by atoms with Gasteiger partial charge in [-0.25, -0.2) is 0 Å². The van der Waals surface area contributed by atoms with Gasteiger partial charge in [0.2, 0.25) is 5.43 Å². The highest BCUT2D eigenvalue weighted by atomic mass is 16.5. The van der Waals surface area contributed by atoms with Gasteiger partial charge in [-0.1, -0.05) is 30.3 Å². The molecule has 0 aliphatic heterocycles. The number of anilines is 1. The average Bonchev–Trinajstić information content (AvgIpc) is 2.73. The van der Waals surface area contributed by atoms with Crippen LogP contribution in [0.4, 0.5) is 5.69 Å². The molecule has 0 saturated carbocycles. The van der Waals surface area contributed by atoms with Crippen LogP contribution in [-0.2, 0) is 20.2 Å². The van der Waals surface area contributed by atoms with Gasteiger partial charge < -0.3 is 19.5 Å². The highest BCUT2D eigenvalue weighted by Crippen LogP contribution is 2.19. The smallest absolute Gasteiger partial charge is 0.251 e. The first-order valence-electron chi connectivity index (χ1n) is 9.77. The van der Waals surface area contributed by atoms with Crippen LogP contribution >= 0.6 is 0 Å². The Hall–Kier alpha value is -3.54. The largest absolute Gasteiger partial charge is 0.483 e. The zero-order valence-electron chi connectivity index (χ0n) is 17.8. The van der Waals surface area contributed by atoms with Crippen LogP contribution in [-0.4, -0.2) is 24.6 Å². The van der Waals surface area contributed by atoms with E-state index in [0.717, 1.165) is 16.8 Å². The minimum atomic E-state index is -0.209. The number of carbonyl (C=O) groups is 1. The van der Waals surface area contributed by atoms with Gasteiger partial charge in [0.15, 0.2) is 5.75 Å². The van der Waals surface area contributed by atoms with Crippen molar-refractivity contribution in [2.45, 2.75) is 20.1 Å². The van der Waals surface area contributed by atoms with Crippen molar-refractivity contribution in [3.63, 3.8) is 0 Å². The highest BCUT2D eigenvalue weighted by molar-refractivity contribution is 5.94. The van der Waals surface area contributed by atoms with E-state index in [0.29, 0.717) is 17.9 Å². The molecule has 2 aromatic carbocycles. The maximum absolute atomic E-state index is 12.5. The Kier molecular flexibility index (Phi) is 6.57. The number of aryl methyl sites for hydroxylation is 2. The Morgan fingerprint density at radius 3 is 2.50 bits per heavy atom. The number of ether oxygens (including phenoxy) is 1. The highest BCUT2D eigenvalue weighted by Gasteiger charge is 2.11. The van der Waals surface area contributed by atoms with Gasteiger partial charge in [0, 0.05) is 44.2 Å². The molecule has 0 aliphatic rings. The van der Waals surface area contributed by atoms with Crippen molar-refractivity contribution in [3.8, 4) is 5.75 Å². The predicted molar refractivity (Wildman–Crippen MR) is 119 cm³/mol. The third-order valence-electron chi connectivity index (χ3n) is 4.91. The Morgan fingerprint density at radius 1 is 1.10 bits per heavy atom. The van der Waals surface area contributed by atoms with Crippen molar-refractivity contribution in [1.29, 1.82) is 0 Å². The van der Waals surface area contributed by atoms with Crippen LogP contribution in [0.2, 0.25) is 0 Å². The third-order valence-corrected chi connectivity index (χ3v) is 4.91. The number of amides is 1. The number of aromatic nitrogens is 1. The maximum atomic E-state index is 12.5. The van der Waals surface area contributed by atoms with Crippen LogP contribution in [0.25, 0.3) is 0 Å². The average molecular weight is 405 g/mol. The van der Waals surface area contributed by atoms with Crippen molar-refractivity contribution < 1.29 is 9.53 Å². The molecule has 1 aromatic heterocycles. The molecule has 0 bridgehead atoms. The first-order valence-corrected chi connectivity index (χ1v) is 9.77. The standard InChI is InChI=1S/C24H27N3O3/c1-17-12-19(10-11-21(17)26(2)3)24(29)25-14-20-13-22(28)23(15-27(20)4)30-16-18-8-6-5-7-9-18/h5-13,15H,14,16H2,1-4H3,(H,25,29). The molecule has 3 rings (SSSR count). The summed E-state index contributed by atoms with van der Waals surface area (Å²) >= 11 is 0. The summed E-state index contributed by atoms with van der Waals surface area (Å²) in [6.07, 6.45) is 1.66. The van der Waals surface area contributed by atoms with Crippen LogP contribution < -0.4 is 20.4 Å². The van der Waals surface area contributed by atoms with Gasteiger partial charge in [-0.3, -0.25) is 9.59 Å². The summed E-state index contributed by atoms with van der Waals surface area (Å²) in [5, 5.41) is 2.88. The molecule has 1 N–H and O–H groups in total. The van der Waals surface area contributed by atoms with Crippen molar-refractivity contribution in [1.82, 2.24) is 9.88 Å². The predicted octanol–water partition coefficient (Wildman–Crippen LogP) is 3.27. The van der Waals surface area contributed by atoms with E-state index in [1.165, 1.54) is 6.07 Å². The zero-order chi connectivity index (χ0) is 21.7. The summed E-state index contributed by atoms with van der Waals surface area (Å²) in [4.78, 5) is 27.0. The lowest BCUT2D eigenvalue weighted by Crippen LogP contribution is -2.26. The monoisotopic (exact) mass is 405 g/mol. The molecule has 0 radical (unpaired) electrons. The van der Waals surface area contributed by atoms with Crippen LogP contribution in [0.15, 0.2) is 65.6 Å². The quantitative estimate of drug-likeness (QED) is 0.655.